The highest BCUT2D eigenvalue weighted by molar-refractivity contribution is 9.10. The first-order valence-electron chi connectivity index (χ1n) is 5.27. The first-order valence-corrected chi connectivity index (χ1v) is 6.07. The Morgan fingerprint density at radius 2 is 2.06 bits per heavy atom. The summed E-state index contributed by atoms with van der Waals surface area (Å²) in [6.45, 7) is 4.26. The van der Waals surface area contributed by atoms with E-state index in [2.05, 4.69) is 29.8 Å². The zero-order chi connectivity index (χ0) is 12.3. The van der Waals surface area contributed by atoms with Crippen molar-refractivity contribution in [1.82, 2.24) is 0 Å². The predicted molar refractivity (Wildman–Crippen MR) is 68.7 cm³/mol. The number of phenolic OH excluding ortho intramolecular Hbond substituents is 1. The van der Waals surface area contributed by atoms with E-state index in [-0.39, 0.29) is 11.8 Å². The van der Waals surface area contributed by atoms with Crippen LogP contribution in [-0.2, 0) is 0 Å². The number of ether oxygens (including phenoxy) is 1. The molecule has 0 fully saturated rings. The van der Waals surface area contributed by atoms with E-state index in [0.717, 1.165) is 12.0 Å². The minimum Gasteiger partial charge on any atom is -0.503 e. The van der Waals surface area contributed by atoms with E-state index in [0.29, 0.717) is 16.1 Å². The van der Waals surface area contributed by atoms with Gasteiger partial charge >= 0.3 is 0 Å². The molecule has 4 heteroatoms. The van der Waals surface area contributed by atoms with Gasteiger partial charge in [0, 0.05) is 6.04 Å². The Morgan fingerprint density at radius 3 is 2.56 bits per heavy atom. The summed E-state index contributed by atoms with van der Waals surface area (Å²) >= 11 is 3.29. The molecule has 0 aromatic heterocycles. The largest absolute Gasteiger partial charge is 0.503 e. The van der Waals surface area contributed by atoms with E-state index >= 15 is 0 Å². The van der Waals surface area contributed by atoms with Gasteiger partial charge in [-0.1, -0.05) is 13.8 Å². The molecule has 1 aromatic rings. The van der Waals surface area contributed by atoms with Gasteiger partial charge in [0.25, 0.3) is 0 Å². The fourth-order valence-electron chi connectivity index (χ4n) is 1.61. The molecule has 0 aliphatic heterocycles. The molecule has 3 nitrogen and oxygen atoms in total. The standard InChI is InChI=1S/C12H18BrNO2/c1-7(2)4-10(14)8-5-9(13)12(15)11(6-8)16-3/h5-7,10,15H,4,14H2,1-3H3/t10-/m1/s1. The number of hydrogen-bond donors (Lipinski definition) is 2. The van der Waals surface area contributed by atoms with Gasteiger partial charge in [0.15, 0.2) is 11.5 Å². The van der Waals surface area contributed by atoms with Crippen molar-refractivity contribution >= 4 is 15.9 Å². The number of aromatic hydroxyl groups is 1. The Balaban J connectivity index is 3.01. The van der Waals surface area contributed by atoms with Gasteiger partial charge in [-0.2, -0.15) is 0 Å². The van der Waals surface area contributed by atoms with Crippen molar-refractivity contribution in [2.24, 2.45) is 11.7 Å². The minimum absolute atomic E-state index is 0.0363. The molecule has 1 atom stereocenters. The van der Waals surface area contributed by atoms with Gasteiger partial charge in [0.1, 0.15) is 0 Å². The van der Waals surface area contributed by atoms with Gasteiger partial charge in [-0.3, -0.25) is 0 Å². The first-order chi connectivity index (χ1) is 7.45. The lowest BCUT2D eigenvalue weighted by Gasteiger charge is -2.16. The van der Waals surface area contributed by atoms with Crippen molar-refractivity contribution in [3.05, 3.63) is 22.2 Å². The molecule has 3 N–H and O–H groups in total. The van der Waals surface area contributed by atoms with Gasteiger partial charge in [-0.15, -0.1) is 0 Å². The van der Waals surface area contributed by atoms with E-state index in [9.17, 15) is 5.11 Å². The van der Waals surface area contributed by atoms with Gasteiger partial charge in [0.05, 0.1) is 11.6 Å². The minimum atomic E-state index is -0.0363. The molecular weight excluding hydrogens is 270 g/mol. The van der Waals surface area contributed by atoms with Crippen molar-refractivity contribution in [1.29, 1.82) is 0 Å². The summed E-state index contributed by atoms with van der Waals surface area (Å²) < 4.78 is 5.70. The van der Waals surface area contributed by atoms with Gasteiger partial charge in [-0.25, -0.2) is 0 Å². The molecule has 0 radical (unpaired) electrons. The molecule has 16 heavy (non-hydrogen) atoms. The van der Waals surface area contributed by atoms with Crippen molar-refractivity contribution in [3.63, 3.8) is 0 Å². The van der Waals surface area contributed by atoms with Crippen molar-refractivity contribution in [3.8, 4) is 11.5 Å². The second kappa shape index (κ2) is 5.55. The van der Waals surface area contributed by atoms with Crippen LogP contribution in [0.3, 0.4) is 0 Å². The fourth-order valence-corrected chi connectivity index (χ4v) is 2.07. The Hall–Kier alpha value is -0.740. The fraction of sp³-hybridized carbons (Fsp3) is 0.500. The summed E-state index contributed by atoms with van der Waals surface area (Å²) in [4.78, 5) is 0. The summed E-state index contributed by atoms with van der Waals surface area (Å²) in [5, 5.41) is 9.67. The lowest BCUT2D eigenvalue weighted by Crippen LogP contribution is -2.13. The van der Waals surface area contributed by atoms with Gasteiger partial charge in [-0.05, 0) is 46.0 Å². The zero-order valence-electron chi connectivity index (χ0n) is 9.83. The maximum atomic E-state index is 9.67. The Morgan fingerprint density at radius 1 is 1.44 bits per heavy atom. The molecule has 1 rings (SSSR count). The average Bonchev–Trinajstić information content (AvgIpc) is 2.20. The normalized spacial score (nSPS) is 12.9. The maximum absolute atomic E-state index is 9.67. The third kappa shape index (κ3) is 3.12. The molecule has 0 heterocycles. The van der Waals surface area contributed by atoms with Crippen LogP contribution in [0.25, 0.3) is 0 Å². The summed E-state index contributed by atoms with van der Waals surface area (Å²) in [7, 11) is 1.53. The van der Waals surface area contributed by atoms with Crippen LogP contribution in [-0.4, -0.2) is 12.2 Å². The van der Waals surface area contributed by atoms with Crippen molar-refractivity contribution in [2.45, 2.75) is 26.3 Å². The number of halogens is 1. The van der Waals surface area contributed by atoms with Crippen LogP contribution in [0, 0.1) is 5.92 Å². The molecular formula is C12H18BrNO2. The van der Waals surface area contributed by atoms with Gasteiger partial charge in [0.2, 0.25) is 0 Å². The number of hydrogen-bond acceptors (Lipinski definition) is 3. The third-order valence-electron chi connectivity index (χ3n) is 2.42. The second-order valence-corrected chi connectivity index (χ2v) is 5.14. The van der Waals surface area contributed by atoms with Crippen LogP contribution in [0.2, 0.25) is 0 Å². The number of rotatable bonds is 4. The number of nitrogens with two attached hydrogens (primary N) is 1. The number of phenols is 1. The van der Waals surface area contributed by atoms with E-state index in [1.54, 1.807) is 6.07 Å². The Labute approximate surface area is 105 Å². The Kier molecular flexibility index (Phi) is 4.62. The molecule has 0 saturated heterocycles. The van der Waals surface area contributed by atoms with Crippen LogP contribution in [0.1, 0.15) is 31.9 Å². The summed E-state index contributed by atoms with van der Waals surface area (Å²) in [5.41, 5.74) is 7.05. The van der Waals surface area contributed by atoms with Crippen LogP contribution < -0.4 is 10.5 Å². The molecule has 1 aromatic carbocycles. The summed E-state index contributed by atoms with van der Waals surface area (Å²) in [6, 6.07) is 3.59. The van der Waals surface area contributed by atoms with Crippen LogP contribution in [0.15, 0.2) is 16.6 Å². The lowest BCUT2D eigenvalue weighted by molar-refractivity contribution is 0.370. The molecule has 0 unspecified atom stereocenters. The topological polar surface area (TPSA) is 55.5 Å². The highest BCUT2D eigenvalue weighted by Gasteiger charge is 2.14. The quantitative estimate of drug-likeness (QED) is 0.894. The lowest BCUT2D eigenvalue weighted by atomic mass is 9.97. The van der Waals surface area contributed by atoms with E-state index in [1.165, 1.54) is 7.11 Å². The highest BCUT2D eigenvalue weighted by atomic mass is 79.9. The predicted octanol–water partition coefficient (Wildman–Crippen LogP) is 3.21. The number of benzene rings is 1. The molecule has 0 aliphatic rings. The zero-order valence-corrected chi connectivity index (χ0v) is 11.4. The molecule has 0 spiro atoms. The molecule has 0 bridgehead atoms. The van der Waals surface area contributed by atoms with Crippen LogP contribution in [0.5, 0.6) is 11.5 Å². The summed E-state index contributed by atoms with van der Waals surface area (Å²) in [5.74, 6) is 1.10. The first kappa shape index (κ1) is 13.3. The highest BCUT2D eigenvalue weighted by Crippen LogP contribution is 2.37. The van der Waals surface area contributed by atoms with Gasteiger partial charge < -0.3 is 15.6 Å². The monoisotopic (exact) mass is 287 g/mol. The smallest absolute Gasteiger partial charge is 0.172 e. The van der Waals surface area contributed by atoms with E-state index in [4.69, 9.17) is 10.5 Å². The van der Waals surface area contributed by atoms with E-state index in [1.807, 2.05) is 6.07 Å². The molecule has 90 valence electrons. The van der Waals surface area contributed by atoms with Crippen molar-refractivity contribution < 1.29 is 9.84 Å². The maximum Gasteiger partial charge on any atom is 0.172 e. The number of methoxy groups -OCH3 is 1. The molecule has 0 aliphatic carbocycles. The van der Waals surface area contributed by atoms with Crippen molar-refractivity contribution in [2.75, 3.05) is 7.11 Å². The SMILES string of the molecule is COc1cc([C@H](N)CC(C)C)cc(Br)c1O. The summed E-state index contributed by atoms with van der Waals surface area (Å²) in [6.07, 6.45) is 0.903. The molecule has 0 saturated carbocycles. The molecule has 0 amide bonds. The van der Waals surface area contributed by atoms with E-state index < -0.39 is 0 Å². The average molecular weight is 288 g/mol. The third-order valence-corrected chi connectivity index (χ3v) is 3.03. The second-order valence-electron chi connectivity index (χ2n) is 4.29. The van der Waals surface area contributed by atoms with Crippen LogP contribution >= 0.6 is 15.9 Å². The van der Waals surface area contributed by atoms with Crippen LogP contribution in [0.4, 0.5) is 0 Å². The Bertz CT molecular complexity index is 366.